The molecule has 0 atom stereocenters. The number of anilines is 2. The van der Waals surface area contributed by atoms with Crippen molar-refractivity contribution < 1.29 is 14.3 Å². The number of thiazole rings is 2. The van der Waals surface area contributed by atoms with Crippen molar-refractivity contribution in [3.05, 3.63) is 172 Å². The van der Waals surface area contributed by atoms with Gasteiger partial charge in [0.25, 0.3) is 0 Å². The smallest absolute Gasteiger partial charge is 0.322 e. The van der Waals surface area contributed by atoms with E-state index in [1.54, 1.807) is 59.1 Å². The number of benzene rings is 5. The number of carbonyl (C=O) groups is 2. The zero-order valence-electron chi connectivity index (χ0n) is 34.3. The van der Waals surface area contributed by atoms with Crippen LogP contribution in [0, 0.1) is 0 Å². The summed E-state index contributed by atoms with van der Waals surface area (Å²) in [4.78, 5) is 38.5. The van der Waals surface area contributed by atoms with Crippen LogP contribution in [0.15, 0.2) is 144 Å². The lowest BCUT2D eigenvalue weighted by molar-refractivity contribution is 0.193. The minimum absolute atomic E-state index is 0.00805. The standard InChI is InChI=1S/C27H27N3OS.C21H22ClN3O2S/c1-20(2)30(19-23-11-6-12-24(17-23)26-28-14-15-32-26)27(31)29-25-13-7-10-22(18-25)16-21-8-4-3-5-9-21;1-14(2)25(21(26)24-18-12-17(22)7-8-19(18)27-3)13-15-5-4-6-16(11-15)20-23-9-10-28-20/h3-15,17-18,20H,16,19H2,1-2H3,(H,29,31);4-12,14H,13H2,1-3H3,(H,24,26). The summed E-state index contributed by atoms with van der Waals surface area (Å²) in [5.41, 5.74) is 8.02. The summed E-state index contributed by atoms with van der Waals surface area (Å²) in [6.45, 7) is 9.06. The maximum Gasteiger partial charge on any atom is 0.322 e. The molecule has 0 bridgehead atoms. The molecule has 0 aliphatic rings. The number of amides is 4. The van der Waals surface area contributed by atoms with Crippen LogP contribution in [0.5, 0.6) is 5.75 Å². The van der Waals surface area contributed by atoms with Crippen LogP contribution in [0.2, 0.25) is 5.02 Å². The lowest BCUT2D eigenvalue weighted by Crippen LogP contribution is -2.39. The van der Waals surface area contributed by atoms with Crippen molar-refractivity contribution in [2.45, 2.75) is 59.3 Å². The SMILES string of the molecule is CC(C)N(Cc1cccc(-c2nccs2)c1)C(=O)Nc1cccc(Cc2ccccc2)c1.COc1ccc(Cl)cc1NC(=O)N(Cc1cccc(-c2nccs2)c1)C(C)C. The maximum atomic E-state index is 13.1. The lowest BCUT2D eigenvalue weighted by Gasteiger charge is -2.27. The summed E-state index contributed by atoms with van der Waals surface area (Å²) in [6.07, 6.45) is 4.44. The molecule has 7 rings (SSSR count). The van der Waals surface area contributed by atoms with Crippen LogP contribution in [0.4, 0.5) is 21.0 Å². The van der Waals surface area contributed by atoms with E-state index in [-0.39, 0.29) is 24.1 Å². The first kappa shape index (κ1) is 43.6. The highest BCUT2D eigenvalue weighted by molar-refractivity contribution is 7.13. The van der Waals surface area contributed by atoms with Crippen molar-refractivity contribution >= 4 is 57.7 Å². The predicted molar refractivity (Wildman–Crippen MR) is 248 cm³/mol. The Morgan fingerprint density at radius 3 is 1.70 bits per heavy atom. The Bertz CT molecular complexity index is 2440. The van der Waals surface area contributed by atoms with Crippen LogP contribution in [-0.4, -0.2) is 51.0 Å². The molecule has 60 heavy (non-hydrogen) atoms. The molecule has 5 aromatic carbocycles. The van der Waals surface area contributed by atoms with E-state index in [0.29, 0.717) is 29.5 Å². The van der Waals surface area contributed by atoms with Crippen LogP contribution >= 0.6 is 34.3 Å². The monoisotopic (exact) mass is 856 g/mol. The van der Waals surface area contributed by atoms with Crippen LogP contribution in [0.1, 0.15) is 49.9 Å². The fourth-order valence-electron chi connectivity index (χ4n) is 6.46. The van der Waals surface area contributed by atoms with Gasteiger partial charge in [-0.05, 0) is 98.8 Å². The fraction of sp³-hybridized carbons (Fsp3) is 0.208. The number of nitrogens with one attached hydrogen (secondary N) is 2. The van der Waals surface area contributed by atoms with E-state index in [1.165, 1.54) is 11.1 Å². The first-order valence-corrected chi connectivity index (χ1v) is 21.8. The van der Waals surface area contributed by atoms with Gasteiger partial charge in [-0.3, -0.25) is 0 Å². The van der Waals surface area contributed by atoms with E-state index in [4.69, 9.17) is 16.3 Å². The van der Waals surface area contributed by atoms with E-state index < -0.39 is 0 Å². The van der Waals surface area contributed by atoms with Crippen molar-refractivity contribution in [2.24, 2.45) is 0 Å². The molecular weight excluding hydrogens is 808 g/mol. The molecule has 12 heteroatoms. The molecule has 0 saturated carbocycles. The molecule has 0 radical (unpaired) electrons. The van der Waals surface area contributed by atoms with Gasteiger partial charge in [0.05, 0.1) is 12.8 Å². The average molecular weight is 858 g/mol. The minimum atomic E-state index is -0.213. The summed E-state index contributed by atoms with van der Waals surface area (Å²) in [7, 11) is 1.56. The van der Waals surface area contributed by atoms with Gasteiger partial charge in [0, 0.05) is 70.2 Å². The van der Waals surface area contributed by atoms with E-state index in [2.05, 4.69) is 63.1 Å². The van der Waals surface area contributed by atoms with Gasteiger partial charge in [-0.15, -0.1) is 22.7 Å². The average Bonchev–Trinajstić information content (AvgIpc) is 3.99. The van der Waals surface area contributed by atoms with Gasteiger partial charge in [-0.2, -0.15) is 0 Å². The van der Waals surface area contributed by atoms with Crippen molar-refractivity contribution in [2.75, 3.05) is 17.7 Å². The Labute approximate surface area is 365 Å². The summed E-state index contributed by atoms with van der Waals surface area (Å²) < 4.78 is 5.32. The molecule has 0 fully saturated rings. The van der Waals surface area contributed by atoms with Gasteiger partial charge in [-0.25, -0.2) is 19.6 Å². The quantitative estimate of drug-likeness (QED) is 0.120. The summed E-state index contributed by atoms with van der Waals surface area (Å²) in [5.74, 6) is 0.562. The third-order valence-electron chi connectivity index (χ3n) is 9.52. The number of nitrogens with zero attached hydrogens (tertiary/aromatic N) is 4. The lowest BCUT2D eigenvalue weighted by atomic mass is 10.0. The Balaban J connectivity index is 0.000000203. The van der Waals surface area contributed by atoms with E-state index in [9.17, 15) is 9.59 Å². The summed E-state index contributed by atoms with van der Waals surface area (Å²) in [6, 6.07) is 39.7. The molecule has 2 aromatic heterocycles. The van der Waals surface area contributed by atoms with Gasteiger partial charge < -0.3 is 25.2 Å². The second kappa shape index (κ2) is 21.3. The van der Waals surface area contributed by atoms with E-state index in [0.717, 1.165) is 44.4 Å². The van der Waals surface area contributed by atoms with Gasteiger partial charge >= 0.3 is 12.1 Å². The normalized spacial score (nSPS) is 10.8. The number of aromatic nitrogens is 2. The largest absolute Gasteiger partial charge is 0.495 e. The van der Waals surface area contributed by atoms with Crippen molar-refractivity contribution in [1.82, 2.24) is 19.8 Å². The number of carbonyl (C=O) groups excluding carboxylic acids is 2. The second-order valence-electron chi connectivity index (χ2n) is 14.6. The first-order valence-electron chi connectivity index (χ1n) is 19.7. The zero-order chi connectivity index (χ0) is 42.4. The Hall–Kier alpha value is -6.01. The number of hydrogen-bond acceptors (Lipinski definition) is 7. The fourth-order valence-corrected chi connectivity index (χ4v) is 7.90. The molecule has 308 valence electrons. The topological polar surface area (TPSA) is 99.7 Å². The molecular formula is C48H49ClN6O3S2. The predicted octanol–water partition coefficient (Wildman–Crippen LogP) is 12.8. The molecule has 7 aromatic rings. The summed E-state index contributed by atoms with van der Waals surface area (Å²) >= 11 is 9.28. The Kier molecular flexibility index (Phi) is 15.5. The van der Waals surface area contributed by atoms with Gasteiger partial charge in [0.15, 0.2) is 0 Å². The molecule has 0 saturated heterocycles. The highest BCUT2D eigenvalue weighted by Crippen LogP contribution is 2.29. The Morgan fingerprint density at radius 2 is 1.17 bits per heavy atom. The number of urea groups is 2. The molecule has 0 spiro atoms. The van der Waals surface area contributed by atoms with Crippen molar-refractivity contribution in [1.29, 1.82) is 0 Å². The molecule has 2 N–H and O–H groups in total. The molecule has 9 nitrogen and oxygen atoms in total. The second-order valence-corrected chi connectivity index (χ2v) is 16.8. The Morgan fingerprint density at radius 1 is 0.633 bits per heavy atom. The number of rotatable bonds is 13. The molecule has 4 amide bonds. The minimum Gasteiger partial charge on any atom is -0.495 e. The van der Waals surface area contributed by atoms with Crippen molar-refractivity contribution in [3.8, 4) is 26.9 Å². The molecule has 0 unspecified atom stereocenters. The third-order valence-corrected chi connectivity index (χ3v) is 11.4. The van der Waals surface area contributed by atoms with Crippen LogP contribution < -0.4 is 15.4 Å². The highest BCUT2D eigenvalue weighted by Gasteiger charge is 2.21. The van der Waals surface area contributed by atoms with Crippen molar-refractivity contribution in [3.63, 3.8) is 0 Å². The van der Waals surface area contributed by atoms with Crippen LogP contribution in [0.3, 0.4) is 0 Å². The molecule has 0 aliphatic heterocycles. The van der Waals surface area contributed by atoms with E-state index >= 15 is 0 Å². The summed E-state index contributed by atoms with van der Waals surface area (Å²) in [5, 5.41) is 12.4. The van der Waals surface area contributed by atoms with Crippen LogP contribution in [-0.2, 0) is 19.5 Å². The number of methoxy groups -OCH3 is 1. The molecule has 2 heterocycles. The highest BCUT2D eigenvalue weighted by atomic mass is 35.5. The van der Waals surface area contributed by atoms with E-state index in [1.807, 2.05) is 110 Å². The van der Waals surface area contributed by atoms with Crippen LogP contribution in [0.25, 0.3) is 21.1 Å². The maximum absolute atomic E-state index is 13.1. The number of halogens is 1. The van der Waals surface area contributed by atoms with Gasteiger partial charge in [0.1, 0.15) is 15.8 Å². The number of ether oxygens (including phenoxy) is 1. The number of hydrogen-bond donors (Lipinski definition) is 2. The molecule has 0 aliphatic carbocycles. The van der Waals surface area contributed by atoms with Gasteiger partial charge in [-0.1, -0.05) is 90.5 Å². The first-order chi connectivity index (χ1) is 29.1. The zero-order valence-corrected chi connectivity index (χ0v) is 36.7. The van der Waals surface area contributed by atoms with Gasteiger partial charge in [0.2, 0.25) is 0 Å². The third kappa shape index (κ3) is 12.3.